The zero-order valence-corrected chi connectivity index (χ0v) is 19.7. The van der Waals surface area contributed by atoms with Crippen LogP contribution >= 0.6 is 0 Å². The van der Waals surface area contributed by atoms with Gasteiger partial charge in [-0.3, -0.25) is 24.0 Å². The fraction of sp³-hybridized carbons (Fsp3) is 0.640. The molecule has 0 atom stereocenters. The van der Waals surface area contributed by atoms with Gasteiger partial charge in [-0.15, -0.1) is 0 Å². The third-order valence-electron chi connectivity index (χ3n) is 7.56. The van der Waals surface area contributed by atoms with E-state index in [0.29, 0.717) is 18.4 Å². The van der Waals surface area contributed by atoms with Crippen LogP contribution in [0.1, 0.15) is 58.3 Å². The molecule has 34 heavy (non-hydrogen) atoms. The number of Topliss-reactive ketones (excluding diaryl/α,β-unsaturated/α-hetero) is 1. The van der Waals surface area contributed by atoms with Crippen LogP contribution in [0.3, 0.4) is 0 Å². The van der Waals surface area contributed by atoms with Crippen molar-refractivity contribution < 1.29 is 19.2 Å². The molecule has 9 nitrogen and oxygen atoms in total. The lowest BCUT2D eigenvalue weighted by atomic mass is 9.54. The number of likely N-dealkylation sites (N-methyl/N-ethyl adjacent to an activating group) is 1. The van der Waals surface area contributed by atoms with Gasteiger partial charge in [0.15, 0.2) is 0 Å². The van der Waals surface area contributed by atoms with Crippen molar-refractivity contribution in [3.05, 3.63) is 28.7 Å². The highest BCUT2D eigenvalue weighted by atomic mass is 16.2. The monoisotopic (exact) mass is 470 g/mol. The number of nitrogens with zero attached hydrogens (tertiary/aromatic N) is 1. The van der Waals surface area contributed by atoms with Crippen LogP contribution in [-0.2, 0) is 25.7 Å². The average Bonchev–Trinajstić information content (AvgIpc) is 2.78. The highest BCUT2D eigenvalue weighted by molar-refractivity contribution is 6.36. The van der Waals surface area contributed by atoms with E-state index in [1.165, 1.54) is 42.7 Å². The molecule has 4 aliphatic rings. The Morgan fingerprint density at radius 2 is 1.65 bits per heavy atom. The Morgan fingerprint density at radius 1 is 0.971 bits per heavy atom. The second-order valence-corrected chi connectivity index (χ2v) is 10.1. The molecular weight excluding hydrogens is 436 g/mol. The summed E-state index contributed by atoms with van der Waals surface area (Å²) in [6.07, 6.45) is 7.88. The summed E-state index contributed by atoms with van der Waals surface area (Å²) in [7, 11) is 0. The molecule has 3 N–H and O–H groups in total. The van der Waals surface area contributed by atoms with Gasteiger partial charge in [-0.25, -0.2) is 0 Å². The molecule has 0 unspecified atom stereocenters. The molecule has 0 radical (unpaired) electrons. The van der Waals surface area contributed by atoms with Gasteiger partial charge in [0.1, 0.15) is 12.2 Å². The largest absolute Gasteiger partial charge is 0.351 e. The van der Waals surface area contributed by atoms with E-state index in [0.717, 1.165) is 11.8 Å². The zero-order valence-electron chi connectivity index (χ0n) is 19.7. The molecule has 1 aromatic rings. The topological polar surface area (TPSA) is 126 Å². The normalized spacial score (nSPS) is 26.7. The molecule has 3 amide bonds. The minimum absolute atomic E-state index is 0.00636. The van der Waals surface area contributed by atoms with Crippen LogP contribution in [-0.4, -0.2) is 40.7 Å². The number of nitrogens with one attached hydrogen (secondary N) is 3. The lowest BCUT2D eigenvalue weighted by Crippen LogP contribution is -2.56. The lowest BCUT2D eigenvalue weighted by Gasteiger charge is -2.54. The number of anilines is 1. The Morgan fingerprint density at radius 3 is 2.29 bits per heavy atom. The average molecular weight is 471 g/mol. The van der Waals surface area contributed by atoms with Gasteiger partial charge in [-0.05, 0) is 81.3 Å². The number of hydrogen-bond acceptors (Lipinski definition) is 5. The molecule has 0 spiro atoms. The van der Waals surface area contributed by atoms with Crippen molar-refractivity contribution in [1.82, 2.24) is 15.2 Å². The molecule has 5 rings (SSSR count). The van der Waals surface area contributed by atoms with Crippen LogP contribution in [0.5, 0.6) is 0 Å². The molecular formula is C25H34N4O5. The van der Waals surface area contributed by atoms with E-state index in [-0.39, 0.29) is 43.4 Å². The third-order valence-corrected chi connectivity index (χ3v) is 7.56. The highest BCUT2D eigenvalue weighted by Crippen LogP contribution is 2.53. The quantitative estimate of drug-likeness (QED) is 0.448. The van der Waals surface area contributed by atoms with Crippen molar-refractivity contribution in [2.75, 3.05) is 11.9 Å². The number of ketones is 1. The second-order valence-electron chi connectivity index (χ2n) is 10.1. The molecule has 4 aliphatic carbocycles. The summed E-state index contributed by atoms with van der Waals surface area (Å²) < 4.78 is 1.31. The molecule has 0 aromatic carbocycles. The van der Waals surface area contributed by atoms with Crippen molar-refractivity contribution >= 4 is 29.2 Å². The van der Waals surface area contributed by atoms with Crippen molar-refractivity contribution in [2.45, 2.75) is 70.9 Å². The molecule has 184 valence electrons. The zero-order chi connectivity index (χ0) is 24.2. The number of pyridine rings is 1. The van der Waals surface area contributed by atoms with Crippen LogP contribution in [0.15, 0.2) is 23.1 Å². The standard InChI is InChI=1S/C25H34N4O5/c1-2-26-24(33)20(30)6-3-7-21(31)27-19-5-4-8-29(25(19)34)14-22(32)28-23-17-10-15-9-16(12-17)13-18(23)11-15/h4-5,8,15-18,23H,2-3,6-7,9-14H2,1H3,(H,26,33)(H,27,31)(H,28,32). The molecule has 4 fully saturated rings. The maximum atomic E-state index is 12.8. The minimum Gasteiger partial charge on any atom is -0.351 e. The van der Waals surface area contributed by atoms with Crippen LogP contribution in [0.25, 0.3) is 0 Å². The number of carbonyl (C=O) groups is 4. The molecule has 4 saturated carbocycles. The van der Waals surface area contributed by atoms with Gasteiger partial charge >= 0.3 is 0 Å². The second kappa shape index (κ2) is 10.5. The Kier molecular flexibility index (Phi) is 7.48. The van der Waals surface area contributed by atoms with Gasteiger partial charge in [-0.1, -0.05) is 0 Å². The van der Waals surface area contributed by atoms with E-state index in [1.807, 2.05) is 0 Å². The number of carbonyl (C=O) groups excluding carboxylic acids is 4. The molecule has 0 saturated heterocycles. The van der Waals surface area contributed by atoms with Gasteiger partial charge in [0.05, 0.1) is 0 Å². The maximum absolute atomic E-state index is 12.8. The smallest absolute Gasteiger partial charge is 0.287 e. The van der Waals surface area contributed by atoms with Crippen LogP contribution in [0.4, 0.5) is 5.69 Å². The predicted octanol–water partition coefficient (Wildman–Crippen LogP) is 1.60. The summed E-state index contributed by atoms with van der Waals surface area (Å²) in [5.74, 6) is 0.950. The first-order valence-electron chi connectivity index (χ1n) is 12.4. The lowest BCUT2D eigenvalue weighted by molar-refractivity contribution is -0.138. The van der Waals surface area contributed by atoms with Crippen molar-refractivity contribution in [3.8, 4) is 0 Å². The van der Waals surface area contributed by atoms with Crippen LogP contribution in [0, 0.1) is 23.7 Å². The van der Waals surface area contributed by atoms with Gasteiger partial charge < -0.3 is 20.5 Å². The molecule has 1 aromatic heterocycles. The van der Waals surface area contributed by atoms with E-state index >= 15 is 0 Å². The maximum Gasteiger partial charge on any atom is 0.287 e. The van der Waals surface area contributed by atoms with Crippen molar-refractivity contribution in [2.24, 2.45) is 23.7 Å². The Bertz CT molecular complexity index is 989. The van der Waals surface area contributed by atoms with Crippen molar-refractivity contribution in [3.63, 3.8) is 0 Å². The molecule has 4 bridgehead atoms. The minimum atomic E-state index is -0.652. The van der Waals surface area contributed by atoms with Crippen LogP contribution < -0.4 is 21.5 Å². The van der Waals surface area contributed by atoms with Crippen molar-refractivity contribution in [1.29, 1.82) is 0 Å². The van der Waals surface area contributed by atoms with Gasteiger partial charge in [-0.2, -0.15) is 0 Å². The molecule has 0 aliphatic heterocycles. The molecule has 1 heterocycles. The number of amides is 3. The fourth-order valence-electron chi connectivity index (χ4n) is 6.30. The predicted molar refractivity (Wildman–Crippen MR) is 126 cm³/mol. The van der Waals surface area contributed by atoms with Gasteiger partial charge in [0, 0.05) is 31.6 Å². The summed E-state index contributed by atoms with van der Waals surface area (Å²) >= 11 is 0. The summed E-state index contributed by atoms with van der Waals surface area (Å²) in [4.78, 5) is 60.9. The summed E-state index contributed by atoms with van der Waals surface area (Å²) in [6, 6.07) is 3.32. The first-order chi connectivity index (χ1) is 16.3. The Balaban J connectivity index is 1.27. The van der Waals surface area contributed by atoms with Crippen LogP contribution in [0.2, 0.25) is 0 Å². The SMILES string of the molecule is CCNC(=O)C(=O)CCCC(=O)Nc1cccn(CC(=O)NC2C3CC4CC(C3)CC2C4)c1=O. The van der Waals surface area contributed by atoms with E-state index in [4.69, 9.17) is 0 Å². The number of hydrogen-bond donors (Lipinski definition) is 3. The molecule has 9 heteroatoms. The summed E-state index contributed by atoms with van der Waals surface area (Å²) in [5.41, 5.74) is -0.362. The summed E-state index contributed by atoms with van der Waals surface area (Å²) in [6.45, 7) is 2.00. The van der Waals surface area contributed by atoms with E-state index in [9.17, 15) is 24.0 Å². The number of aromatic nitrogens is 1. The van der Waals surface area contributed by atoms with E-state index in [2.05, 4.69) is 16.0 Å². The highest BCUT2D eigenvalue weighted by Gasteiger charge is 2.48. The Labute approximate surface area is 199 Å². The third kappa shape index (κ3) is 5.56. The summed E-state index contributed by atoms with van der Waals surface area (Å²) in [5, 5.41) is 8.19. The first-order valence-corrected chi connectivity index (χ1v) is 12.4. The number of rotatable bonds is 10. The Hall–Kier alpha value is -2.97. The van der Waals surface area contributed by atoms with Gasteiger partial charge in [0.25, 0.3) is 11.5 Å². The first kappa shape index (κ1) is 24.2. The van der Waals surface area contributed by atoms with E-state index in [1.54, 1.807) is 19.2 Å². The van der Waals surface area contributed by atoms with E-state index < -0.39 is 23.2 Å². The van der Waals surface area contributed by atoms with Gasteiger partial charge in [0.2, 0.25) is 17.6 Å². The fourth-order valence-corrected chi connectivity index (χ4v) is 6.30.